The molecule has 98 valence electrons. The van der Waals surface area contributed by atoms with Crippen LogP contribution in [0, 0.1) is 6.92 Å². The summed E-state index contributed by atoms with van der Waals surface area (Å²) in [5.41, 5.74) is 1.51. The first-order valence-electron chi connectivity index (χ1n) is 6.24. The van der Waals surface area contributed by atoms with Crippen LogP contribution in [0.5, 0.6) is 5.75 Å². The number of benzene rings is 1. The second-order valence-corrected chi connectivity index (χ2v) is 5.16. The molecule has 0 aliphatic carbocycles. The van der Waals surface area contributed by atoms with Gasteiger partial charge in [0.05, 0.1) is 0 Å². The van der Waals surface area contributed by atoms with Crippen molar-refractivity contribution in [2.45, 2.75) is 19.4 Å². The third kappa shape index (κ3) is 2.48. The number of carbonyl (C=O) groups excluding carboxylic acids is 1. The van der Waals surface area contributed by atoms with Gasteiger partial charge in [0.1, 0.15) is 5.75 Å². The number of likely N-dealkylation sites (tertiary alicyclic amines) is 1. The minimum absolute atomic E-state index is 0.0665. The number of aryl methyl sites for hydroxylation is 1. The highest BCUT2D eigenvalue weighted by molar-refractivity contribution is 5.96. The van der Waals surface area contributed by atoms with Crippen LogP contribution in [0.3, 0.4) is 0 Å². The number of carbonyl (C=O) groups is 1. The molecule has 1 N–H and O–H groups in total. The first kappa shape index (κ1) is 12.9. The fraction of sp³-hybridized carbons (Fsp3) is 0.500. The Morgan fingerprint density at radius 3 is 2.72 bits per heavy atom. The molecule has 1 aromatic carbocycles. The van der Waals surface area contributed by atoms with Gasteiger partial charge in [-0.15, -0.1) is 0 Å². The number of nitrogens with zero attached hydrogens (tertiary/aromatic N) is 2. The fourth-order valence-electron chi connectivity index (χ4n) is 2.41. The Hall–Kier alpha value is -1.55. The van der Waals surface area contributed by atoms with E-state index in [-0.39, 0.29) is 11.7 Å². The van der Waals surface area contributed by atoms with Crippen LogP contribution in [0.1, 0.15) is 22.3 Å². The van der Waals surface area contributed by atoms with Gasteiger partial charge in [0.2, 0.25) is 0 Å². The first-order chi connectivity index (χ1) is 8.49. The lowest BCUT2D eigenvalue weighted by Crippen LogP contribution is -2.34. The van der Waals surface area contributed by atoms with Crippen LogP contribution in [0.4, 0.5) is 0 Å². The van der Waals surface area contributed by atoms with Crippen molar-refractivity contribution >= 4 is 5.91 Å². The van der Waals surface area contributed by atoms with Crippen LogP contribution in [0.25, 0.3) is 0 Å². The highest BCUT2D eigenvalue weighted by Crippen LogP contribution is 2.20. The zero-order valence-electron chi connectivity index (χ0n) is 11.2. The highest BCUT2D eigenvalue weighted by atomic mass is 16.3. The average molecular weight is 248 g/mol. The summed E-state index contributed by atoms with van der Waals surface area (Å²) in [6.45, 7) is 3.45. The molecule has 1 fully saturated rings. The molecule has 18 heavy (non-hydrogen) atoms. The van der Waals surface area contributed by atoms with E-state index in [9.17, 15) is 9.90 Å². The molecule has 1 aromatic rings. The molecule has 1 saturated heterocycles. The molecule has 0 bridgehead atoms. The van der Waals surface area contributed by atoms with Gasteiger partial charge in [0.15, 0.2) is 0 Å². The number of amides is 1. The van der Waals surface area contributed by atoms with Crippen LogP contribution in [0.2, 0.25) is 0 Å². The predicted octanol–water partition coefficient (Wildman–Crippen LogP) is 1.48. The van der Waals surface area contributed by atoms with Crippen molar-refractivity contribution in [3.63, 3.8) is 0 Å². The molecular weight excluding hydrogens is 228 g/mol. The van der Waals surface area contributed by atoms with Gasteiger partial charge >= 0.3 is 0 Å². The quantitative estimate of drug-likeness (QED) is 0.862. The summed E-state index contributed by atoms with van der Waals surface area (Å²) in [5, 5.41) is 9.37. The van der Waals surface area contributed by atoms with E-state index in [0.29, 0.717) is 11.6 Å². The van der Waals surface area contributed by atoms with Crippen molar-refractivity contribution in [2.24, 2.45) is 0 Å². The smallest absolute Gasteiger partial charge is 0.254 e. The van der Waals surface area contributed by atoms with E-state index >= 15 is 0 Å². The normalized spacial score (nSPS) is 19.6. The molecule has 2 rings (SSSR count). The number of hydrogen-bond acceptors (Lipinski definition) is 3. The minimum atomic E-state index is 0.0665. The molecule has 0 spiro atoms. The molecule has 1 amide bonds. The molecular formula is C14H20N2O2. The second-order valence-electron chi connectivity index (χ2n) is 5.16. The molecule has 4 nitrogen and oxygen atoms in total. The summed E-state index contributed by atoms with van der Waals surface area (Å²) < 4.78 is 0. The monoisotopic (exact) mass is 248 g/mol. The number of aromatic hydroxyl groups is 1. The number of rotatable bonds is 2. The number of phenolic OH excluding ortho intramolecular Hbond substituents is 1. The largest absolute Gasteiger partial charge is 0.508 e. The maximum Gasteiger partial charge on any atom is 0.254 e. The van der Waals surface area contributed by atoms with Gasteiger partial charge in [-0.1, -0.05) is 0 Å². The van der Waals surface area contributed by atoms with E-state index < -0.39 is 0 Å². The Balaban J connectivity index is 2.13. The van der Waals surface area contributed by atoms with Crippen LogP contribution in [-0.2, 0) is 0 Å². The fourth-order valence-corrected chi connectivity index (χ4v) is 2.41. The number of phenols is 1. The van der Waals surface area contributed by atoms with Crippen molar-refractivity contribution in [1.82, 2.24) is 9.80 Å². The maximum atomic E-state index is 12.4. The molecule has 1 aliphatic rings. The van der Waals surface area contributed by atoms with Crippen molar-refractivity contribution in [1.29, 1.82) is 0 Å². The number of likely N-dealkylation sites (N-methyl/N-ethyl adjacent to an activating group) is 1. The van der Waals surface area contributed by atoms with E-state index in [0.717, 1.165) is 25.1 Å². The molecule has 4 heteroatoms. The predicted molar refractivity (Wildman–Crippen MR) is 70.8 cm³/mol. The third-order valence-electron chi connectivity index (χ3n) is 3.62. The first-order valence-corrected chi connectivity index (χ1v) is 6.24. The van der Waals surface area contributed by atoms with Crippen molar-refractivity contribution in [3.8, 4) is 5.75 Å². The molecule has 1 heterocycles. The van der Waals surface area contributed by atoms with Crippen LogP contribution in [-0.4, -0.2) is 54.0 Å². The standard InChI is InChI=1S/C14H20N2O2/c1-10-8-12(17)4-5-13(10)14(18)16-7-6-11(9-16)15(2)3/h4-5,8,11,17H,6-7,9H2,1-3H3. The lowest BCUT2D eigenvalue weighted by molar-refractivity contribution is 0.0782. The van der Waals surface area contributed by atoms with E-state index in [2.05, 4.69) is 4.90 Å². The van der Waals surface area contributed by atoms with Crippen LogP contribution in [0.15, 0.2) is 18.2 Å². The summed E-state index contributed by atoms with van der Waals surface area (Å²) in [4.78, 5) is 16.4. The SMILES string of the molecule is Cc1cc(O)ccc1C(=O)N1CCC(N(C)C)C1. The van der Waals surface area contributed by atoms with Crippen molar-refractivity contribution in [2.75, 3.05) is 27.2 Å². The Bertz CT molecular complexity index is 457. The minimum Gasteiger partial charge on any atom is -0.508 e. The average Bonchev–Trinajstić information content (AvgIpc) is 2.77. The Morgan fingerprint density at radius 1 is 1.44 bits per heavy atom. The van der Waals surface area contributed by atoms with Gasteiger partial charge < -0.3 is 14.9 Å². The molecule has 0 radical (unpaired) electrons. The molecule has 0 aromatic heterocycles. The zero-order valence-corrected chi connectivity index (χ0v) is 11.2. The Morgan fingerprint density at radius 2 is 2.17 bits per heavy atom. The van der Waals surface area contributed by atoms with Gasteiger partial charge in [-0.2, -0.15) is 0 Å². The summed E-state index contributed by atoms with van der Waals surface area (Å²) >= 11 is 0. The molecule has 1 unspecified atom stereocenters. The van der Waals surface area contributed by atoms with Gasteiger partial charge in [0.25, 0.3) is 5.91 Å². The van der Waals surface area contributed by atoms with Gasteiger partial charge in [-0.05, 0) is 51.2 Å². The van der Waals surface area contributed by atoms with Crippen molar-refractivity contribution in [3.05, 3.63) is 29.3 Å². The molecule has 0 saturated carbocycles. The van der Waals surface area contributed by atoms with Crippen LogP contribution < -0.4 is 0 Å². The van der Waals surface area contributed by atoms with Gasteiger partial charge in [-0.3, -0.25) is 4.79 Å². The Kier molecular flexibility index (Phi) is 3.57. The summed E-state index contributed by atoms with van der Waals surface area (Å²) in [6, 6.07) is 5.36. The highest BCUT2D eigenvalue weighted by Gasteiger charge is 2.28. The van der Waals surface area contributed by atoms with E-state index in [1.165, 1.54) is 0 Å². The lowest BCUT2D eigenvalue weighted by Gasteiger charge is -2.21. The second kappa shape index (κ2) is 4.98. The van der Waals surface area contributed by atoms with E-state index in [1.54, 1.807) is 18.2 Å². The Labute approximate surface area is 108 Å². The van der Waals surface area contributed by atoms with Crippen molar-refractivity contribution < 1.29 is 9.90 Å². The van der Waals surface area contributed by atoms with E-state index in [4.69, 9.17) is 0 Å². The maximum absolute atomic E-state index is 12.4. The van der Waals surface area contributed by atoms with Gasteiger partial charge in [0, 0.05) is 24.7 Å². The lowest BCUT2D eigenvalue weighted by atomic mass is 10.1. The third-order valence-corrected chi connectivity index (χ3v) is 3.62. The van der Waals surface area contributed by atoms with E-state index in [1.807, 2.05) is 25.9 Å². The summed E-state index contributed by atoms with van der Waals surface area (Å²) in [6.07, 6.45) is 1.02. The number of hydrogen-bond donors (Lipinski definition) is 1. The molecule has 1 atom stereocenters. The summed E-state index contributed by atoms with van der Waals surface area (Å²) in [7, 11) is 4.09. The van der Waals surface area contributed by atoms with Gasteiger partial charge in [-0.25, -0.2) is 0 Å². The van der Waals surface area contributed by atoms with Crippen LogP contribution >= 0.6 is 0 Å². The topological polar surface area (TPSA) is 43.8 Å². The zero-order chi connectivity index (χ0) is 13.3. The molecule has 1 aliphatic heterocycles. The summed E-state index contributed by atoms with van der Waals surface area (Å²) in [5.74, 6) is 0.272.